The number of anilines is 1. The van der Waals surface area contributed by atoms with Gasteiger partial charge in [-0.15, -0.1) is 0 Å². The molecule has 2 aliphatic rings. The Kier molecular flexibility index (Phi) is 6.34. The van der Waals surface area contributed by atoms with Gasteiger partial charge in [-0.25, -0.2) is 4.79 Å². The van der Waals surface area contributed by atoms with Crippen LogP contribution in [0.1, 0.15) is 41.3 Å². The van der Waals surface area contributed by atoms with E-state index in [0.29, 0.717) is 35.6 Å². The van der Waals surface area contributed by atoms with Gasteiger partial charge in [-0.2, -0.15) is 0 Å². The number of hydrogen-bond donors (Lipinski definition) is 4. The number of benzene rings is 2. The second-order valence-corrected chi connectivity index (χ2v) is 9.70. The summed E-state index contributed by atoms with van der Waals surface area (Å²) in [6, 6.07) is 19.0. The van der Waals surface area contributed by atoms with Crippen LogP contribution in [0.3, 0.4) is 0 Å². The SMILES string of the molecule is CCc1c(-c2ccc(N3C[C@H]4CC(NCc5ccccc5)C[C@H]4C3)cc2)[nH]c(=O)c(C(=O)O)c1O. The van der Waals surface area contributed by atoms with Crippen molar-refractivity contribution >= 4 is 11.7 Å². The van der Waals surface area contributed by atoms with Gasteiger partial charge in [-0.1, -0.05) is 49.4 Å². The first-order chi connectivity index (χ1) is 16.9. The predicted octanol–water partition coefficient (Wildman–Crippen LogP) is 4.01. The fraction of sp³-hybridized carbons (Fsp3) is 0.357. The van der Waals surface area contributed by atoms with Crippen LogP contribution >= 0.6 is 0 Å². The Hall–Kier alpha value is -3.58. The summed E-state index contributed by atoms with van der Waals surface area (Å²) in [6.45, 7) is 4.82. The number of aromatic nitrogens is 1. The molecule has 2 heterocycles. The van der Waals surface area contributed by atoms with Gasteiger partial charge >= 0.3 is 5.97 Å². The number of carbonyl (C=O) groups is 1. The zero-order valence-corrected chi connectivity index (χ0v) is 19.8. The second-order valence-electron chi connectivity index (χ2n) is 9.70. The molecule has 0 spiro atoms. The molecule has 1 saturated carbocycles. The fourth-order valence-electron chi connectivity index (χ4n) is 5.79. The van der Waals surface area contributed by atoms with Crippen LogP contribution in [-0.2, 0) is 13.0 Å². The Labute approximate surface area is 204 Å². The maximum atomic E-state index is 12.3. The highest BCUT2D eigenvalue weighted by Crippen LogP contribution is 2.40. The third-order valence-electron chi connectivity index (χ3n) is 7.57. The molecule has 0 radical (unpaired) electrons. The first-order valence-corrected chi connectivity index (χ1v) is 12.3. The van der Waals surface area contributed by atoms with E-state index in [1.54, 1.807) is 0 Å². The maximum Gasteiger partial charge on any atom is 0.345 e. The van der Waals surface area contributed by atoms with Gasteiger partial charge in [0.25, 0.3) is 5.56 Å². The van der Waals surface area contributed by atoms with Gasteiger partial charge in [0, 0.05) is 36.9 Å². The minimum absolute atomic E-state index is 0.398. The van der Waals surface area contributed by atoms with E-state index in [4.69, 9.17) is 0 Å². The normalized spacial score (nSPS) is 21.3. The Bertz CT molecular complexity index is 1260. The van der Waals surface area contributed by atoms with Crippen molar-refractivity contribution in [3.63, 3.8) is 0 Å². The molecule has 4 N–H and O–H groups in total. The lowest BCUT2D eigenvalue weighted by Gasteiger charge is -2.22. The Balaban J connectivity index is 1.25. The van der Waals surface area contributed by atoms with Gasteiger partial charge in [0.1, 0.15) is 5.75 Å². The summed E-state index contributed by atoms with van der Waals surface area (Å²) in [6.07, 6.45) is 2.79. The van der Waals surface area contributed by atoms with E-state index in [1.165, 1.54) is 18.4 Å². The quantitative estimate of drug-likeness (QED) is 0.413. The average Bonchev–Trinajstić information content (AvgIpc) is 3.42. The molecule has 2 fully saturated rings. The highest BCUT2D eigenvalue weighted by Gasteiger charge is 2.40. The number of carboxylic acid groups (broad SMARTS) is 1. The van der Waals surface area contributed by atoms with Crippen molar-refractivity contribution in [2.75, 3.05) is 18.0 Å². The minimum atomic E-state index is -1.43. The lowest BCUT2D eigenvalue weighted by atomic mass is 10.0. The number of aromatic carboxylic acids is 1. The van der Waals surface area contributed by atoms with E-state index in [9.17, 15) is 19.8 Å². The molecule has 1 saturated heterocycles. The molecule has 0 bridgehead atoms. The van der Waals surface area contributed by atoms with Crippen LogP contribution in [0.15, 0.2) is 59.4 Å². The minimum Gasteiger partial charge on any atom is -0.506 e. The van der Waals surface area contributed by atoms with Crippen LogP contribution in [0.5, 0.6) is 5.75 Å². The van der Waals surface area contributed by atoms with Gasteiger partial charge in [0.05, 0.1) is 5.69 Å². The summed E-state index contributed by atoms with van der Waals surface area (Å²) in [4.78, 5) is 28.7. The summed E-state index contributed by atoms with van der Waals surface area (Å²) in [5.41, 5.74) is 2.71. The number of H-pyrrole nitrogens is 1. The number of aromatic hydroxyl groups is 1. The molecule has 1 unspecified atom stereocenters. The molecule has 7 heteroatoms. The number of rotatable bonds is 7. The molecule has 7 nitrogen and oxygen atoms in total. The summed E-state index contributed by atoms with van der Waals surface area (Å²) in [5.74, 6) is -0.513. The van der Waals surface area contributed by atoms with Crippen molar-refractivity contribution in [3.05, 3.63) is 81.6 Å². The van der Waals surface area contributed by atoms with Crippen LogP contribution in [0, 0.1) is 11.8 Å². The van der Waals surface area contributed by atoms with Crippen LogP contribution < -0.4 is 15.8 Å². The van der Waals surface area contributed by atoms with Crippen LogP contribution in [0.2, 0.25) is 0 Å². The molecule has 5 rings (SSSR count). The van der Waals surface area contributed by atoms with E-state index in [0.717, 1.165) is 30.9 Å². The third kappa shape index (κ3) is 4.56. The summed E-state index contributed by atoms with van der Waals surface area (Å²) in [5, 5.41) is 23.4. The number of fused-ring (bicyclic) bond motifs is 1. The molecule has 1 aliphatic carbocycles. The largest absolute Gasteiger partial charge is 0.506 e. The predicted molar refractivity (Wildman–Crippen MR) is 136 cm³/mol. The maximum absolute atomic E-state index is 12.3. The van der Waals surface area contributed by atoms with Crippen LogP contribution in [0.25, 0.3) is 11.3 Å². The molecule has 182 valence electrons. The third-order valence-corrected chi connectivity index (χ3v) is 7.57. The van der Waals surface area contributed by atoms with Crippen LogP contribution in [0.4, 0.5) is 5.69 Å². The first kappa shape index (κ1) is 23.2. The summed E-state index contributed by atoms with van der Waals surface area (Å²) in [7, 11) is 0. The van der Waals surface area contributed by atoms with Gasteiger partial charge in [-0.05, 0) is 54.4 Å². The number of nitrogens with one attached hydrogen (secondary N) is 2. The van der Waals surface area contributed by atoms with Crippen molar-refractivity contribution in [2.24, 2.45) is 11.8 Å². The van der Waals surface area contributed by atoms with Crippen LogP contribution in [-0.4, -0.2) is 40.3 Å². The monoisotopic (exact) mass is 473 g/mol. The summed E-state index contributed by atoms with van der Waals surface area (Å²) >= 11 is 0. The zero-order valence-electron chi connectivity index (χ0n) is 19.8. The molecule has 0 amide bonds. The molecule has 1 aromatic heterocycles. The van der Waals surface area contributed by atoms with Gasteiger partial charge in [0.2, 0.25) is 0 Å². The van der Waals surface area contributed by atoms with Crippen molar-refractivity contribution < 1.29 is 15.0 Å². The number of carboxylic acids is 1. The van der Waals surface area contributed by atoms with Gasteiger partial charge < -0.3 is 25.4 Å². The molecule has 3 aromatic rings. The smallest absolute Gasteiger partial charge is 0.345 e. The molecular weight excluding hydrogens is 442 g/mol. The molecule has 2 aromatic carbocycles. The molecule has 35 heavy (non-hydrogen) atoms. The zero-order chi connectivity index (χ0) is 24.5. The van der Waals surface area contributed by atoms with E-state index in [-0.39, 0.29) is 0 Å². The number of aromatic amines is 1. The Morgan fingerprint density at radius 3 is 2.31 bits per heavy atom. The van der Waals surface area contributed by atoms with Gasteiger partial charge in [-0.3, -0.25) is 4.79 Å². The van der Waals surface area contributed by atoms with E-state index in [1.807, 2.05) is 37.3 Å². The van der Waals surface area contributed by atoms with Crippen molar-refractivity contribution in [1.82, 2.24) is 10.3 Å². The summed E-state index contributed by atoms with van der Waals surface area (Å²) < 4.78 is 0. The van der Waals surface area contributed by atoms with E-state index < -0.39 is 22.8 Å². The molecular formula is C28H31N3O4. The first-order valence-electron chi connectivity index (χ1n) is 12.3. The van der Waals surface area contributed by atoms with E-state index in [2.05, 4.69) is 39.5 Å². The van der Waals surface area contributed by atoms with E-state index >= 15 is 0 Å². The van der Waals surface area contributed by atoms with Gasteiger partial charge in [0.15, 0.2) is 5.56 Å². The highest BCUT2D eigenvalue weighted by molar-refractivity contribution is 5.92. The Morgan fingerprint density at radius 1 is 1.06 bits per heavy atom. The standard InChI is InChI=1S/C28H31N3O4/c1-2-23-25(30-27(33)24(26(23)32)28(34)35)18-8-10-22(11-9-18)31-15-19-12-21(13-20(19)16-31)29-14-17-6-4-3-5-7-17/h3-11,19-21,29H,2,12-16H2,1H3,(H,34,35)(H2,30,32,33)/t19-,20+,21?. The van der Waals surface area contributed by atoms with Crippen molar-refractivity contribution in [3.8, 4) is 17.0 Å². The number of pyridine rings is 1. The van der Waals surface area contributed by atoms with Crippen molar-refractivity contribution in [1.29, 1.82) is 0 Å². The highest BCUT2D eigenvalue weighted by atomic mass is 16.4. The van der Waals surface area contributed by atoms with Crippen molar-refractivity contribution in [2.45, 2.75) is 38.8 Å². The Morgan fingerprint density at radius 2 is 1.71 bits per heavy atom. The lowest BCUT2D eigenvalue weighted by molar-refractivity contribution is 0.0691. The number of hydrogen-bond acceptors (Lipinski definition) is 5. The fourth-order valence-corrected chi connectivity index (χ4v) is 5.79. The molecule has 3 atom stereocenters. The lowest BCUT2D eigenvalue weighted by Crippen LogP contribution is -2.29. The topological polar surface area (TPSA) is 106 Å². The number of nitrogens with zero attached hydrogens (tertiary/aromatic N) is 1. The average molecular weight is 474 g/mol. The molecule has 1 aliphatic heterocycles. The second kappa shape index (κ2) is 9.58.